The molecule has 0 aromatic carbocycles. The molecule has 2 radical (unpaired) electrons. The molecule has 0 saturated carbocycles. The molecule has 0 atom stereocenters. The third-order valence-electron chi connectivity index (χ3n) is 3.03. The quantitative estimate of drug-likeness (QED) is 0.112. The average molecular weight is 529 g/mol. The van der Waals surface area contributed by atoms with Crippen molar-refractivity contribution in [2.45, 2.75) is 26.7 Å². The third-order valence-corrected chi connectivity index (χ3v) is 4.87. The number of ether oxygens (including phenoxy) is 6. The molecule has 0 aromatic heterocycles. The van der Waals surface area contributed by atoms with Gasteiger partial charge in [0.2, 0.25) is 0 Å². The van der Waals surface area contributed by atoms with Gasteiger partial charge in [-0.2, -0.15) is 0 Å². The first-order chi connectivity index (χ1) is 14.2. The van der Waals surface area contributed by atoms with Crippen molar-refractivity contribution in [2.75, 3.05) is 79.3 Å². The van der Waals surface area contributed by atoms with Crippen molar-refractivity contribution in [1.82, 2.24) is 0 Å². The molecule has 0 aliphatic carbocycles. The van der Waals surface area contributed by atoms with Crippen molar-refractivity contribution in [3.63, 3.8) is 0 Å². The molecule has 11 heteroatoms. The molecule has 0 aliphatic rings. The molecule has 0 N–H and O–H groups in total. The van der Waals surface area contributed by atoms with Gasteiger partial charge in [-0.05, 0) is 13.8 Å². The Hall–Kier alpha value is -0.501. The van der Waals surface area contributed by atoms with E-state index in [1.165, 1.54) is 0 Å². The number of hydrogen-bond donors (Lipinski definition) is 0. The summed E-state index contributed by atoms with van der Waals surface area (Å²) >= 11 is -1.31. The summed E-state index contributed by atoms with van der Waals surface area (Å²) in [6.45, 7) is 8.69. The molecule has 0 bridgehead atoms. The Morgan fingerprint density at radius 1 is 0.552 bits per heavy atom. The van der Waals surface area contributed by atoms with Crippen molar-refractivity contribution in [3.8, 4) is 0 Å². The fraction of sp³-hybridized carbons (Fsp3) is 0.889. The molecule has 0 aliphatic heterocycles. The van der Waals surface area contributed by atoms with Crippen LogP contribution in [0.5, 0.6) is 0 Å². The van der Waals surface area contributed by atoms with E-state index in [0.717, 1.165) is 0 Å². The fourth-order valence-electron chi connectivity index (χ4n) is 1.75. The summed E-state index contributed by atoms with van der Waals surface area (Å²) in [6.07, 6.45) is 0.515. The van der Waals surface area contributed by atoms with E-state index < -0.39 is 22.0 Å². The molecule has 0 aromatic rings. The van der Waals surface area contributed by atoms with Crippen LogP contribution in [0.25, 0.3) is 0 Å². The van der Waals surface area contributed by atoms with Crippen molar-refractivity contribution < 1.29 is 44.2 Å². The first-order valence-corrected chi connectivity index (χ1v) is 12.1. The van der Waals surface area contributed by atoms with Gasteiger partial charge in [0, 0.05) is 0 Å². The summed E-state index contributed by atoms with van der Waals surface area (Å²) in [6, 6.07) is 0. The van der Waals surface area contributed by atoms with Crippen LogP contribution in [-0.2, 0) is 44.2 Å². The number of esters is 2. The van der Waals surface area contributed by atoms with Gasteiger partial charge in [0.25, 0.3) is 0 Å². The van der Waals surface area contributed by atoms with Crippen molar-refractivity contribution >= 4 is 33.9 Å². The van der Waals surface area contributed by atoms with Gasteiger partial charge >= 0.3 is 170 Å². The number of carbonyl (C=O) groups excluding carboxylic acids is 2. The van der Waals surface area contributed by atoms with Crippen LogP contribution in [0.1, 0.15) is 26.7 Å². The van der Waals surface area contributed by atoms with Crippen LogP contribution >= 0.6 is 0 Å². The van der Waals surface area contributed by atoms with E-state index in [-0.39, 0.29) is 24.8 Å². The Morgan fingerprint density at radius 3 is 1.28 bits per heavy atom. The zero-order valence-corrected chi connectivity index (χ0v) is 20.3. The monoisotopic (exact) mass is 530 g/mol. The van der Waals surface area contributed by atoms with Gasteiger partial charge in [-0.15, -0.1) is 0 Å². The maximum absolute atomic E-state index is 11.1. The molecule has 0 saturated heterocycles. The SMILES string of the molecule is CCOC(=O)CCOCCOCC[O][Sn][O]CCOCCOCCC(=O)OCC. The van der Waals surface area contributed by atoms with Gasteiger partial charge in [0.1, 0.15) is 0 Å². The molecule has 0 fully saturated rings. The van der Waals surface area contributed by atoms with Gasteiger partial charge in [-0.1, -0.05) is 0 Å². The second-order valence-electron chi connectivity index (χ2n) is 5.34. The molecule has 0 amide bonds. The van der Waals surface area contributed by atoms with Crippen LogP contribution in [0.3, 0.4) is 0 Å². The number of carbonyl (C=O) groups is 2. The summed E-state index contributed by atoms with van der Waals surface area (Å²) in [7, 11) is 0. The van der Waals surface area contributed by atoms with Crippen LogP contribution in [-0.4, -0.2) is 113 Å². The van der Waals surface area contributed by atoms with E-state index in [1.54, 1.807) is 13.8 Å². The Kier molecular flexibility index (Phi) is 23.4. The second kappa shape index (κ2) is 23.8. The molecule has 0 unspecified atom stereocenters. The van der Waals surface area contributed by atoms with E-state index in [0.29, 0.717) is 79.3 Å². The van der Waals surface area contributed by atoms with Gasteiger partial charge in [0.05, 0.1) is 0 Å². The van der Waals surface area contributed by atoms with E-state index in [1.807, 2.05) is 0 Å². The van der Waals surface area contributed by atoms with E-state index in [4.69, 9.17) is 34.6 Å². The Morgan fingerprint density at radius 2 is 0.897 bits per heavy atom. The Bertz CT molecular complexity index is 350. The van der Waals surface area contributed by atoms with Crippen LogP contribution in [0.15, 0.2) is 0 Å². The molecule has 0 heterocycles. The normalized spacial score (nSPS) is 10.8. The standard InChI is InChI=1S/2C9H17O5.Sn/c2*1-2-14-9(11)3-5-12-7-8-13-6-4-10;/h2*2-8H2,1H3;/q2*-1;+2. The van der Waals surface area contributed by atoms with Crippen molar-refractivity contribution in [1.29, 1.82) is 0 Å². The maximum atomic E-state index is 11.1. The first kappa shape index (κ1) is 28.5. The topological polar surface area (TPSA) is 108 Å². The minimum absolute atomic E-state index is 0.252. The van der Waals surface area contributed by atoms with Gasteiger partial charge in [-0.3, -0.25) is 0 Å². The smallest absolute Gasteiger partial charge is 0.0305 e. The Balaban J connectivity index is 3.08. The summed E-state index contributed by atoms with van der Waals surface area (Å²) < 4.78 is 41.6. The van der Waals surface area contributed by atoms with E-state index in [2.05, 4.69) is 0 Å². The minimum atomic E-state index is -1.31. The molecule has 10 nitrogen and oxygen atoms in total. The molecule has 0 rings (SSSR count). The summed E-state index contributed by atoms with van der Waals surface area (Å²) in [5.41, 5.74) is 0. The van der Waals surface area contributed by atoms with Crippen LogP contribution < -0.4 is 0 Å². The predicted octanol–water partition coefficient (Wildman–Crippen LogP) is 0.527. The van der Waals surface area contributed by atoms with Crippen molar-refractivity contribution in [3.05, 3.63) is 0 Å². The van der Waals surface area contributed by atoms with Crippen LogP contribution in [0.4, 0.5) is 0 Å². The van der Waals surface area contributed by atoms with E-state index in [9.17, 15) is 9.59 Å². The third kappa shape index (κ3) is 23.6. The number of rotatable bonds is 22. The van der Waals surface area contributed by atoms with Gasteiger partial charge in [0.15, 0.2) is 0 Å². The number of hydrogen-bond acceptors (Lipinski definition) is 10. The van der Waals surface area contributed by atoms with Crippen LogP contribution in [0, 0.1) is 0 Å². The molecule has 29 heavy (non-hydrogen) atoms. The van der Waals surface area contributed by atoms with Crippen LogP contribution in [0.2, 0.25) is 0 Å². The molecule has 0 spiro atoms. The van der Waals surface area contributed by atoms with Gasteiger partial charge in [-0.25, -0.2) is 0 Å². The fourth-order valence-corrected chi connectivity index (χ4v) is 2.94. The minimum Gasteiger partial charge on any atom is -0.0305 e. The molecule has 170 valence electrons. The molecular formula is C18H34O10Sn. The average Bonchev–Trinajstić information content (AvgIpc) is 2.70. The summed E-state index contributed by atoms with van der Waals surface area (Å²) in [5.74, 6) is -0.504. The second-order valence-corrected chi connectivity index (χ2v) is 7.46. The van der Waals surface area contributed by atoms with Gasteiger partial charge < -0.3 is 0 Å². The zero-order valence-electron chi connectivity index (χ0n) is 17.5. The van der Waals surface area contributed by atoms with E-state index >= 15 is 0 Å². The predicted molar refractivity (Wildman–Crippen MR) is 103 cm³/mol. The van der Waals surface area contributed by atoms with Crippen molar-refractivity contribution in [2.24, 2.45) is 0 Å². The first-order valence-electron chi connectivity index (χ1n) is 9.81. The zero-order chi connectivity index (χ0) is 21.4. The Labute approximate surface area is 184 Å². The summed E-state index contributed by atoms with van der Waals surface area (Å²) in [4.78, 5) is 22.1. The molecular weight excluding hydrogens is 495 g/mol. The summed E-state index contributed by atoms with van der Waals surface area (Å²) in [5, 5.41) is 0.